The minimum absolute atomic E-state index is 0.508. The van der Waals surface area contributed by atoms with Crippen LogP contribution in [0.25, 0.3) is 0 Å². The molecule has 0 unspecified atom stereocenters. The van der Waals surface area contributed by atoms with Gasteiger partial charge in [-0.25, -0.2) is 8.61 Å². The van der Waals surface area contributed by atoms with Crippen LogP contribution in [0.15, 0.2) is 0 Å². The lowest BCUT2D eigenvalue weighted by atomic mass is 10.7. The summed E-state index contributed by atoms with van der Waals surface area (Å²) in [4.78, 5) is 21.5. The van der Waals surface area contributed by atoms with Gasteiger partial charge in [0.15, 0.2) is 0 Å². The molecule has 6 nitrogen and oxygen atoms in total. The van der Waals surface area contributed by atoms with Gasteiger partial charge in [0.1, 0.15) is 0 Å². The van der Waals surface area contributed by atoms with Gasteiger partial charge in [-0.2, -0.15) is 8.42 Å². The van der Waals surface area contributed by atoms with Gasteiger partial charge in [-0.3, -0.25) is 9.59 Å². The van der Waals surface area contributed by atoms with Crippen LogP contribution in [-0.4, -0.2) is 42.9 Å². The molecule has 0 radical (unpaired) electrons. The van der Waals surface area contributed by atoms with Gasteiger partial charge >= 0.3 is 10.2 Å². The van der Waals surface area contributed by atoms with E-state index in [0.717, 1.165) is 27.9 Å². The first-order valence-electron chi connectivity index (χ1n) is 3.45. The topological polar surface area (TPSA) is 74.8 Å². The summed E-state index contributed by atoms with van der Waals surface area (Å²) >= 11 is 0. The molecule has 0 saturated carbocycles. The molecule has 0 saturated heterocycles. The van der Waals surface area contributed by atoms with E-state index in [-0.39, 0.29) is 0 Å². The van der Waals surface area contributed by atoms with Crippen LogP contribution in [-0.2, 0) is 19.8 Å². The van der Waals surface area contributed by atoms with Gasteiger partial charge in [0, 0.05) is 27.9 Å². The van der Waals surface area contributed by atoms with Gasteiger partial charge in [-0.15, -0.1) is 0 Å². The second kappa shape index (κ2) is 3.73. The van der Waals surface area contributed by atoms with Crippen molar-refractivity contribution in [3.8, 4) is 0 Å². The molecule has 0 aromatic heterocycles. The molecule has 0 N–H and O–H groups in total. The number of carbonyl (C=O) groups excluding carboxylic acids is 2. The fourth-order valence-corrected chi connectivity index (χ4v) is 1.53. The molecule has 0 rings (SSSR count). The summed E-state index contributed by atoms with van der Waals surface area (Å²) in [7, 11) is -1.78. The lowest BCUT2D eigenvalue weighted by molar-refractivity contribution is -0.124. The van der Waals surface area contributed by atoms with Crippen molar-refractivity contribution >= 4 is 22.0 Å². The Morgan fingerprint density at radius 3 is 1.31 bits per heavy atom. The summed E-state index contributed by atoms with van der Waals surface area (Å²) in [5, 5.41) is 0. The Balaban J connectivity index is 4.99. The SMILES string of the molecule is CC(=O)N(C)S(=O)(=O)N(C)C(C)=O. The molecule has 2 amide bonds. The van der Waals surface area contributed by atoms with Gasteiger partial charge in [0.2, 0.25) is 11.8 Å². The van der Waals surface area contributed by atoms with Crippen LogP contribution in [0.3, 0.4) is 0 Å². The largest absolute Gasteiger partial charge is 0.330 e. The third kappa shape index (κ3) is 2.41. The molecule has 0 heterocycles. The normalized spacial score (nSPS) is 10.8. The molecule has 0 aliphatic carbocycles. The summed E-state index contributed by atoms with van der Waals surface area (Å²) in [6, 6.07) is 0. The van der Waals surface area contributed by atoms with Crippen molar-refractivity contribution < 1.29 is 18.0 Å². The second-order valence-corrected chi connectivity index (χ2v) is 4.47. The first kappa shape index (κ1) is 11.9. The minimum atomic E-state index is -3.97. The fourth-order valence-electron chi connectivity index (χ4n) is 0.509. The molecule has 76 valence electrons. The fraction of sp³-hybridized carbons (Fsp3) is 0.667. The van der Waals surface area contributed by atoms with Crippen molar-refractivity contribution in [2.24, 2.45) is 0 Å². The molecule has 0 aromatic carbocycles. The van der Waals surface area contributed by atoms with Crippen molar-refractivity contribution in [2.75, 3.05) is 14.1 Å². The van der Waals surface area contributed by atoms with E-state index >= 15 is 0 Å². The monoisotopic (exact) mass is 208 g/mol. The van der Waals surface area contributed by atoms with Crippen LogP contribution in [0.5, 0.6) is 0 Å². The number of nitrogens with zero attached hydrogens (tertiary/aromatic N) is 2. The van der Waals surface area contributed by atoms with E-state index in [9.17, 15) is 18.0 Å². The molecular weight excluding hydrogens is 196 g/mol. The Morgan fingerprint density at radius 1 is 0.923 bits per heavy atom. The van der Waals surface area contributed by atoms with E-state index in [2.05, 4.69) is 0 Å². The molecule has 0 bridgehead atoms. The number of hydrogen-bond acceptors (Lipinski definition) is 4. The first-order valence-corrected chi connectivity index (χ1v) is 4.85. The maximum Gasteiger partial charge on any atom is 0.330 e. The molecule has 0 aliphatic rings. The highest BCUT2D eigenvalue weighted by molar-refractivity contribution is 7.87. The van der Waals surface area contributed by atoms with Gasteiger partial charge in [-0.1, -0.05) is 0 Å². The van der Waals surface area contributed by atoms with E-state index in [1.807, 2.05) is 0 Å². The van der Waals surface area contributed by atoms with E-state index in [1.54, 1.807) is 0 Å². The molecule has 0 aliphatic heterocycles. The van der Waals surface area contributed by atoms with Crippen molar-refractivity contribution in [3.05, 3.63) is 0 Å². The van der Waals surface area contributed by atoms with Crippen molar-refractivity contribution in [3.63, 3.8) is 0 Å². The van der Waals surface area contributed by atoms with E-state index in [1.165, 1.54) is 0 Å². The van der Waals surface area contributed by atoms with Crippen LogP contribution in [0.4, 0.5) is 0 Å². The summed E-state index contributed by atoms with van der Waals surface area (Å²) in [5.41, 5.74) is 0. The molecule has 0 fully saturated rings. The average molecular weight is 208 g/mol. The third-order valence-corrected chi connectivity index (χ3v) is 3.48. The summed E-state index contributed by atoms with van der Waals surface area (Å²) in [5.74, 6) is -1.29. The number of carbonyl (C=O) groups is 2. The molecule has 0 spiro atoms. The maximum absolute atomic E-state index is 11.3. The summed E-state index contributed by atoms with van der Waals surface area (Å²) in [6.45, 7) is 2.21. The summed E-state index contributed by atoms with van der Waals surface area (Å²) < 4.78 is 23.7. The molecule has 7 heteroatoms. The zero-order valence-corrected chi connectivity index (χ0v) is 8.75. The Labute approximate surface area is 77.3 Å². The number of hydrogen-bond donors (Lipinski definition) is 0. The molecule has 0 aromatic rings. The zero-order chi connectivity index (χ0) is 10.8. The van der Waals surface area contributed by atoms with E-state index in [4.69, 9.17) is 0 Å². The van der Waals surface area contributed by atoms with E-state index < -0.39 is 22.0 Å². The van der Waals surface area contributed by atoms with Crippen molar-refractivity contribution in [2.45, 2.75) is 13.8 Å². The highest BCUT2D eigenvalue weighted by Crippen LogP contribution is 2.03. The smallest absolute Gasteiger partial charge is 0.274 e. The average Bonchev–Trinajstić information content (AvgIpc) is 2.01. The predicted octanol–water partition coefficient (Wildman–Crippen LogP) is -0.812. The van der Waals surface area contributed by atoms with Crippen LogP contribution < -0.4 is 0 Å². The molecule has 0 atom stereocenters. The van der Waals surface area contributed by atoms with Gasteiger partial charge in [-0.05, 0) is 0 Å². The minimum Gasteiger partial charge on any atom is -0.274 e. The number of rotatable bonds is 2. The Bertz CT molecular complexity index is 296. The first-order chi connectivity index (χ1) is 5.71. The van der Waals surface area contributed by atoms with Crippen LogP contribution in [0.1, 0.15) is 13.8 Å². The second-order valence-electron chi connectivity index (χ2n) is 2.48. The highest BCUT2D eigenvalue weighted by atomic mass is 32.2. The Morgan fingerprint density at radius 2 is 1.15 bits per heavy atom. The lowest BCUT2D eigenvalue weighted by Gasteiger charge is -2.22. The number of amides is 2. The van der Waals surface area contributed by atoms with Crippen molar-refractivity contribution in [1.29, 1.82) is 0 Å². The van der Waals surface area contributed by atoms with Gasteiger partial charge in [0.25, 0.3) is 0 Å². The predicted molar refractivity (Wildman–Crippen MR) is 45.8 cm³/mol. The lowest BCUT2D eigenvalue weighted by Crippen LogP contribution is -2.43. The standard InChI is InChI=1S/C6H12N2O4S/c1-5(9)7(3)13(11,12)8(4)6(2)10/h1-4H3. The third-order valence-electron chi connectivity index (χ3n) is 1.58. The summed E-state index contributed by atoms with van der Waals surface area (Å²) in [6.07, 6.45) is 0. The van der Waals surface area contributed by atoms with E-state index in [0.29, 0.717) is 8.61 Å². The van der Waals surface area contributed by atoms with Crippen LogP contribution in [0.2, 0.25) is 0 Å². The molecular formula is C6H12N2O4S. The van der Waals surface area contributed by atoms with Gasteiger partial charge < -0.3 is 0 Å². The van der Waals surface area contributed by atoms with Crippen molar-refractivity contribution in [1.82, 2.24) is 8.61 Å². The maximum atomic E-state index is 11.3. The highest BCUT2D eigenvalue weighted by Gasteiger charge is 2.27. The van der Waals surface area contributed by atoms with Gasteiger partial charge in [0.05, 0.1) is 0 Å². The zero-order valence-electron chi connectivity index (χ0n) is 7.94. The Hall–Kier alpha value is -1.11. The Kier molecular flexibility index (Phi) is 3.42. The molecule has 13 heavy (non-hydrogen) atoms. The van der Waals surface area contributed by atoms with Crippen LogP contribution >= 0.6 is 0 Å². The van der Waals surface area contributed by atoms with Crippen LogP contribution in [0, 0.1) is 0 Å². The quantitative estimate of drug-likeness (QED) is 0.594.